The quantitative estimate of drug-likeness (QED) is 0.696. The molecule has 1 aliphatic carbocycles. The molecule has 1 saturated carbocycles. The molecule has 2 heterocycles. The van der Waals surface area contributed by atoms with Crippen LogP contribution in [0.4, 0.5) is 0 Å². The molecule has 2 N–H and O–H groups in total. The average molecular weight is 428 g/mol. The third-order valence-corrected chi connectivity index (χ3v) is 7.13. The van der Waals surface area contributed by atoms with E-state index >= 15 is 0 Å². The minimum absolute atomic E-state index is 0.0149. The number of pyridine rings is 1. The van der Waals surface area contributed by atoms with Gasteiger partial charge in [0.15, 0.2) is 5.11 Å². The molecule has 2 fully saturated rings. The largest absolute Gasteiger partial charge is 0.376 e. The molecule has 0 bridgehead atoms. The lowest BCUT2D eigenvalue weighted by Gasteiger charge is -2.36. The van der Waals surface area contributed by atoms with Gasteiger partial charge in [0.05, 0.1) is 18.2 Å². The molecule has 1 saturated heterocycles. The van der Waals surface area contributed by atoms with Crippen molar-refractivity contribution >= 4 is 28.2 Å². The predicted octanol–water partition coefficient (Wildman–Crippen LogP) is 4.33. The highest BCUT2D eigenvalue weighted by Crippen LogP contribution is 2.25. The van der Waals surface area contributed by atoms with Gasteiger partial charge in [-0.1, -0.05) is 31.4 Å². The molecular formula is C24H33N3O2S. The molecule has 30 heavy (non-hydrogen) atoms. The molecule has 4 rings (SSSR count). The maximum absolute atomic E-state index is 12.9. The molecule has 0 radical (unpaired) electrons. The molecule has 1 aromatic heterocycles. The maximum atomic E-state index is 12.9. The molecule has 1 aromatic carbocycles. The van der Waals surface area contributed by atoms with Crippen LogP contribution in [-0.4, -0.2) is 40.3 Å². The van der Waals surface area contributed by atoms with Crippen LogP contribution in [0.15, 0.2) is 23.0 Å². The Morgan fingerprint density at radius 3 is 2.73 bits per heavy atom. The molecule has 6 heteroatoms. The van der Waals surface area contributed by atoms with E-state index in [0.717, 1.165) is 66.0 Å². The number of aromatic nitrogens is 1. The van der Waals surface area contributed by atoms with Crippen LogP contribution in [0.5, 0.6) is 0 Å². The van der Waals surface area contributed by atoms with Crippen LogP contribution < -0.4 is 10.9 Å². The van der Waals surface area contributed by atoms with Gasteiger partial charge in [-0.15, -0.1) is 0 Å². The molecule has 162 valence electrons. The number of benzene rings is 1. The molecule has 2 aromatic rings. The Morgan fingerprint density at radius 1 is 1.20 bits per heavy atom. The van der Waals surface area contributed by atoms with Gasteiger partial charge in [-0.25, -0.2) is 0 Å². The summed E-state index contributed by atoms with van der Waals surface area (Å²) in [6, 6.07) is 6.64. The molecule has 5 nitrogen and oxygen atoms in total. The van der Waals surface area contributed by atoms with Gasteiger partial charge in [0.2, 0.25) is 0 Å². The van der Waals surface area contributed by atoms with Crippen LogP contribution in [0.25, 0.3) is 10.9 Å². The molecule has 0 spiro atoms. The van der Waals surface area contributed by atoms with Crippen molar-refractivity contribution in [3.8, 4) is 0 Å². The van der Waals surface area contributed by atoms with E-state index in [9.17, 15) is 4.79 Å². The van der Waals surface area contributed by atoms with E-state index in [4.69, 9.17) is 17.0 Å². The van der Waals surface area contributed by atoms with Crippen LogP contribution in [0.2, 0.25) is 0 Å². The van der Waals surface area contributed by atoms with Crippen molar-refractivity contribution in [1.29, 1.82) is 0 Å². The fourth-order valence-corrected chi connectivity index (χ4v) is 5.04. The number of H-pyrrole nitrogens is 1. The molecule has 1 atom stereocenters. The van der Waals surface area contributed by atoms with Gasteiger partial charge in [-0.2, -0.15) is 0 Å². The number of nitrogens with one attached hydrogen (secondary N) is 2. The second-order valence-corrected chi connectivity index (χ2v) is 9.22. The first-order valence-corrected chi connectivity index (χ1v) is 11.7. The summed E-state index contributed by atoms with van der Waals surface area (Å²) in [4.78, 5) is 18.3. The topological polar surface area (TPSA) is 57.4 Å². The Bertz CT molecular complexity index is 959. The fraction of sp³-hybridized carbons (Fsp3) is 0.583. The van der Waals surface area contributed by atoms with Gasteiger partial charge in [-0.05, 0) is 74.3 Å². The lowest BCUT2D eigenvalue weighted by Crippen LogP contribution is -2.48. The van der Waals surface area contributed by atoms with Crippen molar-refractivity contribution in [2.24, 2.45) is 0 Å². The Labute approximate surface area is 184 Å². The van der Waals surface area contributed by atoms with Crippen molar-refractivity contribution in [3.05, 3.63) is 45.2 Å². The Kier molecular flexibility index (Phi) is 6.74. The first-order chi connectivity index (χ1) is 14.5. The number of hydrogen-bond donors (Lipinski definition) is 2. The van der Waals surface area contributed by atoms with E-state index in [-0.39, 0.29) is 11.7 Å². The van der Waals surface area contributed by atoms with Crippen molar-refractivity contribution in [1.82, 2.24) is 15.2 Å². The minimum Gasteiger partial charge on any atom is -0.376 e. The van der Waals surface area contributed by atoms with Gasteiger partial charge < -0.3 is 19.9 Å². The summed E-state index contributed by atoms with van der Waals surface area (Å²) in [6.07, 6.45) is 8.45. The summed E-state index contributed by atoms with van der Waals surface area (Å²) in [7, 11) is 0. The van der Waals surface area contributed by atoms with E-state index in [1.807, 2.05) is 6.07 Å². The van der Waals surface area contributed by atoms with Crippen LogP contribution in [0.1, 0.15) is 61.6 Å². The third-order valence-electron chi connectivity index (χ3n) is 6.75. The summed E-state index contributed by atoms with van der Waals surface area (Å²) < 4.78 is 5.74. The number of rotatable bonds is 5. The minimum atomic E-state index is -0.0149. The summed E-state index contributed by atoms with van der Waals surface area (Å²) in [5, 5.41) is 5.26. The zero-order chi connectivity index (χ0) is 21.1. The van der Waals surface area contributed by atoms with Crippen LogP contribution in [0, 0.1) is 13.8 Å². The van der Waals surface area contributed by atoms with Crippen molar-refractivity contribution in [3.63, 3.8) is 0 Å². The van der Waals surface area contributed by atoms with Crippen LogP contribution in [0.3, 0.4) is 0 Å². The smallest absolute Gasteiger partial charge is 0.253 e. The Hall–Kier alpha value is -1.92. The maximum Gasteiger partial charge on any atom is 0.253 e. The van der Waals surface area contributed by atoms with E-state index in [1.165, 1.54) is 24.8 Å². The lowest BCUT2D eigenvalue weighted by molar-refractivity contribution is 0.112. The van der Waals surface area contributed by atoms with E-state index in [2.05, 4.69) is 41.2 Å². The number of aromatic amines is 1. The van der Waals surface area contributed by atoms with Crippen LogP contribution in [-0.2, 0) is 11.3 Å². The summed E-state index contributed by atoms with van der Waals surface area (Å²) in [5.41, 5.74) is 4.02. The Morgan fingerprint density at radius 2 is 2.00 bits per heavy atom. The van der Waals surface area contributed by atoms with Gasteiger partial charge in [0.1, 0.15) is 0 Å². The first-order valence-electron chi connectivity index (χ1n) is 11.3. The number of nitrogens with zero attached hydrogens (tertiary/aromatic N) is 1. The fourth-order valence-electron chi connectivity index (χ4n) is 4.74. The lowest BCUT2D eigenvalue weighted by atomic mass is 9.94. The van der Waals surface area contributed by atoms with Gasteiger partial charge >= 0.3 is 0 Å². The zero-order valence-electron chi connectivity index (χ0n) is 18.1. The highest BCUT2D eigenvalue weighted by Gasteiger charge is 2.25. The monoisotopic (exact) mass is 427 g/mol. The van der Waals surface area contributed by atoms with Gasteiger partial charge in [0, 0.05) is 24.8 Å². The normalized spacial score (nSPS) is 19.9. The molecular weight excluding hydrogens is 394 g/mol. The highest BCUT2D eigenvalue weighted by molar-refractivity contribution is 7.80. The zero-order valence-corrected chi connectivity index (χ0v) is 18.9. The number of hydrogen-bond acceptors (Lipinski definition) is 3. The van der Waals surface area contributed by atoms with Crippen molar-refractivity contribution in [2.45, 2.75) is 77.5 Å². The van der Waals surface area contributed by atoms with E-state index < -0.39 is 0 Å². The molecule has 2 aliphatic rings. The average Bonchev–Trinajstić information content (AvgIpc) is 3.28. The SMILES string of the molecule is Cc1ccc2cc(CN(C(=S)NC[C@H]3CCCO3)C3CCCCC3)c(=O)[nH]c2c1C. The molecule has 0 unspecified atom stereocenters. The Balaban J connectivity index is 1.57. The number of aryl methyl sites for hydroxylation is 2. The standard InChI is InChI=1S/C24H33N3O2S/c1-16-10-11-18-13-19(23(28)26-22(18)17(16)2)15-27(20-7-4-3-5-8-20)24(30)25-14-21-9-6-12-29-21/h10-11,13,20-21H,3-9,12,14-15H2,1-2H3,(H,25,30)(H,26,28)/t21-/m1/s1. The first kappa shape index (κ1) is 21.3. The van der Waals surface area contributed by atoms with Gasteiger partial charge in [-0.3, -0.25) is 4.79 Å². The number of thiocarbonyl (C=S) groups is 1. The predicted molar refractivity (Wildman–Crippen MR) is 126 cm³/mol. The van der Waals surface area contributed by atoms with Crippen molar-refractivity contribution in [2.75, 3.05) is 13.2 Å². The third kappa shape index (κ3) is 4.70. The van der Waals surface area contributed by atoms with Gasteiger partial charge in [0.25, 0.3) is 5.56 Å². The summed E-state index contributed by atoms with van der Waals surface area (Å²) in [5.74, 6) is 0. The molecule has 1 aliphatic heterocycles. The second-order valence-electron chi connectivity index (χ2n) is 8.84. The summed E-state index contributed by atoms with van der Waals surface area (Å²) in [6.45, 7) is 6.27. The number of ether oxygens (including phenoxy) is 1. The van der Waals surface area contributed by atoms with E-state index in [0.29, 0.717) is 12.6 Å². The molecule has 0 amide bonds. The summed E-state index contributed by atoms with van der Waals surface area (Å²) >= 11 is 5.81. The highest BCUT2D eigenvalue weighted by atomic mass is 32.1. The van der Waals surface area contributed by atoms with Crippen molar-refractivity contribution < 1.29 is 4.74 Å². The van der Waals surface area contributed by atoms with Crippen LogP contribution >= 0.6 is 12.2 Å². The van der Waals surface area contributed by atoms with E-state index in [1.54, 1.807) is 0 Å². The second kappa shape index (κ2) is 9.48. The number of fused-ring (bicyclic) bond motifs is 1.